The minimum absolute atomic E-state index is 0.558. The Kier molecular flexibility index (Phi) is 5.31. The molecule has 1 saturated heterocycles. The second kappa shape index (κ2) is 8.55. The predicted octanol–water partition coefficient (Wildman–Crippen LogP) is 3.86. The van der Waals surface area contributed by atoms with Crippen molar-refractivity contribution in [1.82, 2.24) is 19.9 Å². The van der Waals surface area contributed by atoms with E-state index in [-0.39, 0.29) is 0 Å². The Morgan fingerprint density at radius 3 is 2.43 bits per heavy atom. The molecule has 1 aliphatic rings. The number of anilines is 1. The SMILES string of the molecule is c1ccc(COc2ccc(N3CCN(Cc4nc5ccccc5[nH]4)CC3)nc2)cc1. The number of pyridine rings is 1. The first-order valence-electron chi connectivity index (χ1n) is 10.4. The molecule has 6 heteroatoms. The summed E-state index contributed by atoms with van der Waals surface area (Å²) in [5.41, 5.74) is 3.29. The Balaban J connectivity index is 1.13. The van der Waals surface area contributed by atoms with Crippen LogP contribution in [0.5, 0.6) is 5.75 Å². The fourth-order valence-electron chi connectivity index (χ4n) is 3.81. The molecule has 0 unspecified atom stereocenters. The third kappa shape index (κ3) is 4.28. The number of benzene rings is 2. The van der Waals surface area contributed by atoms with Gasteiger partial charge in [-0.15, -0.1) is 0 Å². The summed E-state index contributed by atoms with van der Waals surface area (Å²) in [5.74, 6) is 2.83. The molecule has 1 fully saturated rings. The predicted molar refractivity (Wildman–Crippen MR) is 119 cm³/mol. The highest BCUT2D eigenvalue weighted by Gasteiger charge is 2.19. The lowest BCUT2D eigenvalue weighted by atomic mass is 10.2. The van der Waals surface area contributed by atoms with Gasteiger partial charge in [0.2, 0.25) is 0 Å². The number of nitrogens with zero attached hydrogens (tertiary/aromatic N) is 4. The Hall–Kier alpha value is -3.38. The van der Waals surface area contributed by atoms with Crippen molar-refractivity contribution in [2.75, 3.05) is 31.1 Å². The molecule has 30 heavy (non-hydrogen) atoms. The molecular formula is C24H25N5O. The molecule has 0 saturated carbocycles. The zero-order valence-corrected chi connectivity index (χ0v) is 16.9. The van der Waals surface area contributed by atoms with Crippen LogP contribution in [0.1, 0.15) is 11.4 Å². The molecule has 152 valence electrons. The molecule has 2 aromatic heterocycles. The van der Waals surface area contributed by atoms with Crippen molar-refractivity contribution in [2.24, 2.45) is 0 Å². The number of imidazole rings is 1. The Morgan fingerprint density at radius 1 is 0.867 bits per heavy atom. The minimum atomic E-state index is 0.558. The molecule has 0 aliphatic carbocycles. The standard InChI is InChI=1S/C24H25N5O/c1-2-6-19(7-3-1)18-30-20-10-11-24(25-16-20)29-14-12-28(13-15-29)17-23-26-21-8-4-5-9-22(21)27-23/h1-11,16H,12-15,17-18H2,(H,26,27). The van der Waals surface area contributed by atoms with Gasteiger partial charge in [-0.1, -0.05) is 42.5 Å². The van der Waals surface area contributed by atoms with Gasteiger partial charge in [0.1, 0.15) is 24.0 Å². The van der Waals surface area contributed by atoms with Gasteiger partial charge < -0.3 is 14.6 Å². The average molecular weight is 399 g/mol. The minimum Gasteiger partial charge on any atom is -0.487 e. The van der Waals surface area contributed by atoms with E-state index in [1.54, 1.807) is 0 Å². The average Bonchev–Trinajstić information content (AvgIpc) is 3.22. The van der Waals surface area contributed by atoms with E-state index in [0.29, 0.717) is 6.61 Å². The van der Waals surface area contributed by atoms with Gasteiger partial charge >= 0.3 is 0 Å². The monoisotopic (exact) mass is 399 g/mol. The molecule has 0 amide bonds. The molecule has 1 aliphatic heterocycles. The van der Waals surface area contributed by atoms with E-state index >= 15 is 0 Å². The zero-order valence-electron chi connectivity index (χ0n) is 16.9. The summed E-state index contributed by atoms with van der Waals surface area (Å²) in [6.45, 7) is 5.30. The number of para-hydroxylation sites is 2. The van der Waals surface area contributed by atoms with Crippen LogP contribution < -0.4 is 9.64 Å². The molecule has 3 heterocycles. The molecular weight excluding hydrogens is 374 g/mol. The largest absolute Gasteiger partial charge is 0.487 e. The number of ether oxygens (including phenoxy) is 1. The fourth-order valence-corrected chi connectivity index (χ4v) is 3.81. The van der Waals surface area contributed by atoms with E-state index in [1.807, 2.05) is 48.7 Å². The third-order valence-corrected chi connectivity index (χ3v) is 5.48. The number of fused-ring (bicyclic) bond motifs is 1. The third-order valence-electron chi connectivity index (χ3n) is 5.48. The van der Waals surface area contributed by atoms with E-state index in [4.69, 9.17) is 9.72 Å². The van der Waals surface area contributed by atoms with Gasteiger partial charge in [-0.25, -0.2) is 9.97 Å². The Bertz CT molecular complexity index is 1050. The van der Waals surface area contributed by atoms with Gasteiger partial charge in [0, 0.05) is 26.2 Å². The number of hydrogen-bond donors (Lipinski definition) is 1. The molecule has 4 aromatic rings. The summed E-state index contributed by atoms with van der Waals surface area (Å²) in [6, 6.07) is 22.4. The fraction of sp³-hybridized carbons (Fsp3) is 0.250. The van der Waals surface area contributed by atoms with E-state index in [0.717, 1.165) is 66.7 Å². The van der Waals surface area contributed by atoms with Gasteiger partial charge in [-0.3, -0.25) is 4.90 Å². The van der Waals surface area contributed by atoms with Crippen molar-refractivity contribution in [3.05, 3.63) is 84.3 Å². The number of aromatic amines is 1. The first-order chi connectivity index (χ1) is 14.8. The zero-order chi connectivity index (χ0) is 20.2. The van der Waals surface area contributed by atoms with Crippen molar-refractivity contribution < 1.29 is 4.74 Å². The molecule has 0 spiro atoms. The maximum Gasteiger partial charge on any atom is 0.138 e. The summed E-state index contributed by atoms with van der Waals surface area (Å²) < 4.78 is 5.84. The number of rotatable bonds is 6. The van der Waals surface area contributed by atoms with Crippen molar-refractivity contribution in [3.8, 4) is 5.75 Å². The molecule has 0 radical (unpaired) electrons. The second-order valence-electron chi connectivity index (χ2n) is 7.59. The van der Waals surface area contributed by atoms with E-state index < -0.39 is 0 Å². The topological polar surface area (TPSA) is 57.3 Å². The lowest BCUT2D eigenvalue weighted by Gasteiger charge is -2.35. The number of nitrogens with one attached hydrogen (secondary N) is 1. The molecule has 0 bridgehead atoms. The lowest BCUT2D eigenvalue weighted by molar-refractivity contribution is 0.244. The van der Waals surface area contributed by atoms with Crippen molar-refractivity contribution in [3.63, 3.8) is 0 Å². The maximum absolute atomic E-state index is 5.84. The highest BCUT2D eigenvalue weighted by Crippen LogP contribution is 2.19. The van der Waals surface area contributed by atoms with Crippen molar-refractivity contribution >= 4 is 16.9 Å². The highest BCUT2D eigenvalue weighted by molar-refractivity contribution is 5.74. The lowest BCUT2D eigenvalue weighted by Crippen LogP contribution is -2.46. The van der Waals surface area contributed by atoms with Crippen LogP contribution in [0.3, 0.4) is 0 Å². The summed E-state index contributed by atoms with van der Waals surface area (Å²) in [6.07, 6.45) is 1.82. The molecule has 5 rings (SSSR count). The van der Waals surface area contributed by atoms with Crippen LogP contribution in [0, 0.1) is 0 Å². The van der Waals surface area contributed by atoms with Crippen molar-refractivity contribution in [2.45, 2.75) is 13.2 Å². The van der Waals surface area contributed by atoms with Gasteiger partial charge in [0.15, 0.2) is 0 Å². The number of aromatic nitrogens is 3. The van der Waals surface area contributed by atoms with Gasteiger partial charge in [-0.2, -0.15) is 0 Å². The number of piperazine rings is 1. The number of hydrogen-bond acceptors (Lipinski definition) is 5. The number of H-pyrrole nitrogens is 1. The Morgan fingerprint density at radius 2 is 1.67 bits per heavy atom. The van der Waals surface area contributed by atoms with E-state index in [2.05, 4.69) is 44.0 Å². The Labute approximate surface area is 176 Å². The van der Waals surface area contributed by atoms with Crippen LogP contribution in [0.25, 0.3) is 11.0 Å². The normalized spacial score (nSPS) is 14.9. The summed E-state index contributed by atoms with van der Waals surface area (Å²) in [4.78, 5) is 17.5. The molecule has 2 aromatic carbocycles. The second-order valence-corrected chi connectivity index (χ2v) is 7.59. The summed E-state index contributed by atoms with van der Waals surface area (Å²) in [7, 11) is 0. The quantitative estimate of drug-likeness (QED) is 0.534. The van der Waals surface area contributed by atoms with Crippen LogP contribution in [0.2, 0.25) is 0 Å². The van der Waals surface area contributed by atoms with Crippen LogP contribution in [0.4, 0.5) is 5.82 Å². The highest BCUT2D eigenvalue weighted by atomic mass is 16.5. The molecule has 0 atom stereocenters. The van der Waals surface area contributed by atoms with Crippen LogP contribution >= 0.6 is 0 Å². The summed E-state index contributed by atoms with van der Waals surface area (Å²) >= 11 is 0. The molecule has 6 nitrogen and oxygen atoms in total. The maximum atomic E-state index is 5.84. The van der Waals surface area contributed by atoms with Gasteiger partial charge in [-0.05, 0) is 29.8 Å². The first-order valence-corrected chi connectivity index (χ1v) is 10.4. The van der Waals surface area contributed by atoms with Gasteiger partial charge in [0.25, 0.3) is 0 Å². The van der Waals surface area contributed by atoms with Crippen LogP contribution in [0.15, 0.2) is 72.9 Å². The van der Waals surface area contributed by atoms with E-state index in [9.17, 15) is 0 Å². The van der Waals surface area contributed by atoms with Crippen molar-refractivity contribution in [1.29, 1.82) is 0 Å². The summed E-state index contributed by atoms with van der Waals surface area (Å²) in [5, 5.41) is 0. The van der Waals surface area contributed by atoms with E-state index in [1.165, 1.54) is 0 Å². The molecule has 1 N–H and O–H groups in total. The first kappa shape index (κ1) is 18.6. The van der Waals surface area contributed by atoms with Gasteiger partial charge in [0.05, 0.1) is 23.8 Å². The smallest absolute Gasteiger partial charge is 0.138 e. The van der Waals surface area contributed by atoms with Crippen LogP contribution in [-0.2, 0) is 13.2 Å². The van der Waals surface area contributed by atoms with Crippen LogP contribution in [-0.4, -0.2) is 46.0 Å².